The van der Waals surface area contributed by atoms with Crippen LogP contribution in [0.15, 0.2) is 323 Å². The van der Waals surface area contributed by atoms with Crippen molar-refractivity contribution < 1.29 is 18.3 Å². The third-order valence-corrected chi connectivity index (χ3v) is 23.5. The Bertz CT molecular complexity index is 7190. The fraction of sp³-hybridized carbons (Fsp3) is 0.133. The van der Waals surface area contributed by atoms with Crippen LogP contribution in [0.25, 0.3) is 164 Å². The fourth-order valence-electron chi connectivity index (χ4n) is 17.2. The number of fused-ring (bicyclic) bond motifs is 16. The molecule has 11 heteroatoms. The van der Waals surface area contributed by atoms with Crippen molar-refractivity contribution >= 4 is 124 Å². The van der Waals surface area contributed by atoms with Crippen LogP contribution in [0.5, 0.6) is 0 Å². The van der Waals surface area contributed by atoms with Gasteiger partial charge in [0.15, 0.2) is 11.2 Å². The molecule has 11 nitrogen and oxygen atoms in total. The second-order valence-corrected chi connectivity index (χ2v) is 30.8. The number of hydrogen-bond donors (Lipinski definition) is 0. The Morgan fingerprint density at radius 2 is 0.707 bits per heavy atom. The fourth-order valence-corrected chi connectivity index (χ4v) is 17.2. The van der Waals surface area contributed by atoms with Gasteiger partial charge in [-0.3, -0.25) is 4.98 Å². The molecule has 1 atom stereocenters. The van der Waals surface area contributed by atoms with Crippen molar-refractivity contribution in [2.24, 2.45) is 28.2 Å². The molecule has 5 aromatic heterocycles. The lowest BCUT2D eigenvalue weighted by Crippen LogP contribution is -2.35. The lowest BCUT2D eigenvalue weighted by atomic mass is 9.92. The van der Waals surface area contributed by atoms with Gasteiger partial charge in [-0.2, -0.15) is 0 Å². The predicted octanol–water partition coefficient (Wildman–Crippen LogP) is 22.8. The smallest absolute Gasteiger partial charge is 0.295 e. The maximum atomic E-state index is 4.64. The highest BCUT2D eigenvalue weighted by molar-refractivity contribution is 6.17. The topological polar surface area (TPSA) is 86.5 Å². The number of rotatable bonds is 5. The molecule has 0 fully saturated rings. The number of aromatic nitrogens is 9. The summed E-state index contributed by atoms with van der Waals surface area (Å²) in [6.45, 7) is 17.2. The quantitative estimate of drug-likeness (QED) is 0.125. The molecule has 1 aliphatic heterocycles. The van der Waals surface area contributed by atoms with Crippen LogP contribution in [0, 0.1) is 48.5 Å². The van der Waals surface area contributed by atoms with E-state index in [1.165, 1.54) is 181 Å². The van der Waals surface area contributed by atoms with E-state index in [1.807, 2.05) is 70.6 Å². The van der Waals surface area contributed by atoms with E-state index in [1.54, 1.807) is 0 Å². The summed E-state index contributed by atoms with van der Waals surface area (Å²) in [5.41, 5.74) is 20.7. The monoisotopic (exact) mass is 1510 g/mol. The Labute approximate surface area is 677 Å². The molecular weight excluding hydrogens is 1420 g/mol. The van der Waals surface area contributed by atoms with Gasteiger partial charge in [-0.25, -0.2) is 18.3 Å². The Morgan fingerprint density at radius 1 is 0.302 bits per heavy atom. The van der Waals surface area contributed by atoms with E-state index in [9.17, 15) is 0 Å². The average molecular weight is 1510 g/mol. The third kappa shape index (κ3) is 13.8. The van der Waals surface area contributed by atoms with Gasteiger partial charge in [0.1, 0.15) is 41.3 Å². The van der Waals surface area contributed by atoms with E-state index < -0.39 is 0 Å². The number of nitrogens with zero attached hydrogens (tertiary/aromatic N) is 11. The number of pyridine rings is 1. The molecule has 0 saturated heterocycles. The SMILES string of the molecule is Cc1cc(-c2c(C)ccc3c2ccc2ccccc23)[n+](C)cn1.Cc1ccc2c(ccc3ccccc32)c1-c1c2ccccc2nc[n+]1C.Cc1ccc2c(ccc3ccccc32)c1-c1ccnc(C)[n+]1C.Cc1ccc2c(ccc3ccccc32)c1N1C=CN(C)[C@@H]1C.Cc1ccc2c(cnc3ccccc32)c1-c1ccnc[n+]1C. The van der Waals surface area contributed by atoms with Gasteiger partial charge < -0.3 is 9.80 Å². The zero-order chi connectivity index (χ0) is 80.0. The molecule has 564 valence electrons. The standard InChI is InChI=1S/C24H19N2.2C21H19N2.C20H20N2.C19H16N3/c1-16-11-13-19-18-8-4-3-7-17(18)12-14-20(19)23(16)24-21-9-5-6-10-22(21)25-15-26(24)2;1-14-8-10-18-17-7-5-4-6-16(17)9-11-19(18)21(14)20-12-15(2)22-13-23(20)3;1-14-8-10-18-17-7-5-4-6-16(17)9-11-19(18)21(14)20-12-13-22-15(2)23(20)3;1-14-8-10-18-17-7-5-4-6-16(17)9-11-19(18)20(14)22-13-12-21(3)15(22)2;1-13-7-8-14-15-5-3-4-6-17(15)21-11-16(14)19(13)18-9-10-20-12-22(18)2/h3-15H,1-2H3;2*4-13H,1-3H3;4-13,15H,1-3H3;3-12H,1-2H3/q3*+1;;+1/t;;;15-;/m...0./s1. The molecule has 116 heavy (non-hydrogen) atoms. The Balaban J connectivity index is 0.000000104. The first-order valence-electron chi connectivity index (χ1n) is 39.8. The van der Waals surface area contributed by atoms with Gasteiger partial charge >= 0.3 is 0 Å². The lowest BCUT2D eigenvalue weighted by Gasteiger charge is -2.29. The minimum atomic E-state index is 0.343. The summed E-state index contributed by atoms with van der Waals surface area (Å²) < 4.78 is 8.46. The normalized spacial score (nSPS) is 12.5. The summed E-state index contributed by atoms with van der Waals surface area (Å²) in [5.74, 6) is 1.01. The van der Waals surface area contributed by atoms with Crippen LogP contribution in [0.3, 0.4) is 0 Å². The van der Waals surface area contributed by atoms with E-state index in [-0.39, 0.29) is 0 Å². The van der Waals surface area contributed by atoms with Crippen LogP contribution in [0.4, 0.5) is 5.69 Å². The first-order valence-corrected chi connectivity index (χ1v) is 39.8. The molecule has 0 N–H and O–H groups in total. The highest BCUT2D eigenvalue weighted by Gasteiger charge is 2.26. The molecule has 0 aliphatic carbocycles. The first-order chi connectivity index (χ1) is 56.5. The van der Waals surface area contributed by atoms with E-state index in [0.717, 1.165) is 28.2 Å². The van der Waals surface area contributed by atoms with Gasteiger partial charge in [0.05, 0.1) is 44.8 Å². The van der Waals surface area contributed by atoms with Crippen molar-refractivity contribution in [1.82, 2.24) is 29.8 Å². The van der Waals surface area contributed by atoms with Crippen LogP contribution >= 0.6 is 0 Å². The highest BCUT2D eigenvalue weighted by atomic mass is 15.4. The molecule has 0 spiro atoms. The second-order valence-electron chi connectivity index (χ2n) is 30.8. The Morgan fingerprint density at radius 3 is 1.23 bits per heavy atom. The van der Waals surface area contributed by atoms with Crippen molar-refractivity contribution in [1.29, 1.82) is 0 Å². The molecule has 0 amide bonds. The van der Waals surface area contributed by atoms with Crippen LogP contribution in [0.1, 0.15) is 46.3 Å². The summed E-state index contributed by atoms with van der Waals surface area (Å²) in [6.07, 6.45) is 16.0. The van der Waals surface area contributed by atoms with Crippen molar-refractivity contribution in [3.05, 3.63) is 362 Å². The number of hydrogen-bond acceptors (Lipinski definition) is 7. The number of benzene rings is 15. The van der Waals surface area contributed by atoms with Crippen LogP contribution in [-0.2, 0) is 28.2 Å². The zero-order valence-corrected chi connectivity index (χ0v) is 68.1. The average Bonchev–Trinajstić information content (AvgIpc) is 1.12. The second kappa shape index (κ2) is 31.5. The first kappa shape index (κ1) is 74.7. The summed E-state index contributed by atoms with van der Waals surface area (Å²) in [7, 11) is 10.4. The van der Waals surface area contributed by atoms with Gasteiger partial charge in [0.2, 0.25) is 0 Å². The summed E-state index contributed by atoms with van der Waals surface area (Å²) in [6, 6.07) is 97.5. The van der Waals surface area contributed by atoms with Crippen molar-refractivity contribution in [2.45, 2.75) is 61.6 Å². The van der Waals surface area contributed by atoms with Gasteiger partial charge in [-0.15, -0.1) is 0 Å². The van der Waals surface area contributed by atoms with E-state index in [0.29, 0.717) is 6.17 Å². The molecule has 0 unspecified atom stereocenters. The van der Waals surface area contributed by atoms with Gasteiger partial charge in [-0.05, 0) is 179 Å². The van der Waals surface area contributed by atoms with E-state index in [4.69, 9.17) is 0 Å². The molecule has 0 saturated carbocycles. The highest BCUT2D eigenvalue weighted by Crippen LogP contribution is 2.42. The number of para-hydroxylation sites is 2. The summed E-state index contributed by atoms with van der Waals surface area (Å²) >= 11 is 0. The minimum absolute atomic E-state index is 0.343. The van der Waals surface area contributed by atoms with Crippen molar-refractivity contribution in [2.75, 3.05) is 11.9 Å². The molecular formula is C105H93N11+4. The molecule has 21 rings (SSSR count). The van der Waals surface area contributed by atoms with Crippen molar-refractivity contribution in [3.63, 3.8) is 0 Å². The van der Waals surface area contributed by atoms with E-state index in [2.05, 4.69) is 396 Å². The lowest BCUT2D eigenvalue weighted by molar-refractivity contribution is -0.670. The third-order valence-electron chi connectivity index (χ3n) is 23.5. The molecule has 6 heterocycles. The van der Waals surface area contributed by atoms with Crippen molar-refractivity contribution in [3.8, 4) is 45.0 Å². The molecule has 1 aliphatic rings. The largest absolute Gasteiger partial charge is 0.359 e. The van der Waals surface area contributed by atoms with Gasteiger partial charge in [0, 0.05) is 96.1 Å². The maximum absolute atomic E-state index is 4.64. The molecule has 0 bridgehead atoms. The van der Waals surface area contributed by atoms with E-state index >= 15 is 0 Å². The Hall–Kier alpha value is -14.0. The summed E-state index contributed by atoms with van der Waals surface area (Å²) in [5, 5.41) is 25.6. The predicted molar refractivity (Wildman–Crippen MR) is 482 cm³/mol. The number of anilines is 1. The Kier molecular flexibility index (Phi) is 20.3. The zero-order valence-electron chi connectivity index (χ0n) is 68.1. The molecule has 0 radical (unpaired) electrons. The summed E-state index contributed by atoms with van der Waals surface area (Å²) in [4.78, 5) is 26.8. The van der Waals surface area contributed by atoms with Gasteiger partial charge in [-0.1, -0.05) is 252 Å². The molecule has 15 aromatic carbocycles. The van der Waals surface area contributed by atoms with Crippen LogP contribution in [0.2, 0.25) is 0 Å². The minimum Gasteiger partial charge on any atom is -0.359 e. The maximum Gasteiger partial charge on any atom is 0.295 e. The van der Waals surface area contributed by atoms with Crippen LogP contribution < -0.4 is 23.2 Å². The number of aryl methyl sites for hydroxylation is 10. The van der Waals surface area contributed by atoms with Crippen LogP contribution in [-0.4, -0.2) is 43.0 Å². The molecule has 20 aromatic rings. The van der Waals surface area contributed by atoms with Gasteiger partial charge in [0.25, 0.3) is 24.8 Å².